The van der Waals surface area contributed by atoms with Crippen LogP contribution in [0.2, 0.25) is 0 Å². The third kappa shape index (κ3) is 4.17. The summed E-state index contributed by atoms with van der Waals surface area (Å²) in [5.74, 6) is 0. The lowest BCUT2D eigenvalue weighted by Crippen LogP contribution is -1.94. The van der Waals surface area contributed by atoms with Gasteiger partial charge in [-0.25, -0.2) is 0 Å². The minimum Gasteiger partial charge on any atom is -0.0613 e. The van der Waals surface area contributed by atoms with Gasteiger partial charge in [0.2, 0.25) is 0 Å². The van der Waals surface area contributed by atoms with Gasteiger partial charge in [0.05, 0.1) is 0 Å². The Hall–Kier alpha value is -2.86. The summed E-state index contributed by atoms with van der Waals surface area (Å²) in [6.07, 6.45) is 1.97. The Bertz CT molecular complexity index is 1110. The van der Waals surface area contributed by atoms with E-state index in [1.165, 1.54) is 55.3 Å². The van der Waals surface area contributed by atoms with Crippen LogP contribution in [0, 0.1) is 27.7 Å². The SMILES string of the molecule is Cc1cc(C)cc(Cc2ccc3c(Cc4cc(C)cc(C)c4)cccc3c2)c1. The molecule has 0 N–H and O–H groups in total. The minimum atomic E-state index is 0.982. The van der Waals surface area contributed by atoms with Crippen molar-refractivity contribution in [3.05, 3.63) is 117 Å². The van der Waals surface area contributed by atoms with Crippen LogP contribution in [0.1, 0.15) is 44.5 Å². The van der Waals surface area contributed by atoms with E-state index in [1.807, 2.05) is 0 Å². The molecule has 0 unspecified atom stereocenters. The molecule has 0 fully saturated rings. The van der Waals surface area contributed by atoms with Gasteiger partial charge in [-0.2, -0.15) is 0 Å². The molecule has 0 radical (unpaired) electrons. The van der Waals surface area contributed by atoms with Crippen molar-refractivity contribution < 1.29 is 0 Å². The van der Waals surface area contributed by atoms with Crippen LogP contribution < -0.4 is 0 Å². The first-order chi connectivity index (χ1) is 13.5. The number of aryl methyl sites for hydroxylation is 4. The van der Waals surface area contributed by atoms with Crippen LogP contribution in [-0.2, 0) is 12.8 Å². The number of rotatable bonds is 4. The molecule has 0 aromatic heterocycles. The van der Waals surface area contributed by atoms with Crippen LogP contribution in [0.4, 0.5) is 0 Å². The van der Waals surface area contributed by atoms with Crippen molar-refractivity contribution in [3.63, 3.8) is 0 Å². The van der Waals surface area contributed by atoms with Crippen LogP contribution in [0.5, 0.6) is 0 Å². The maximum absolute atomic E-state index is 2.36. The van der Waals surface area contributed by atoms with Crippen molar-refractivity contribution in [2.24, 2.45) is 0 Å². The standard InChI is InChI=1S/C28H28/c1-19-10-20(2)13-24(12-19)16-23-8-9-28-26(17-23)6-5-7-27(28)18-25-14-21(3)11-22(4)15-25/h5-15,17H,16,18H2,1-4H3. The molecule has 0 saturated heterocycles. The van der Waals surface area contributed by atoms with Crippen molar-refractivity contribution in [3.8, 4) is 0 Å². The largest absolute Gasteiger partial charge is 0.0613 e. The van der Waals surface area contributed by atoms with Gasteiger partial charge in [0.25, 0.3) is 0 Å². The van der Waals surface area contributed by atoms with E-state index in [2.05, 4.69) is 100 Å². The van der Waals surface area contributed by atoms with Gasteiger partial charge in [0.15, 0.2) is 0 Å². The van der Waals surface area contributed by atoms with E-state index in [1.54, 1.807) is 0 Å². The first-order valence-corrected chi connectivity index (χ1v) is 10.1. The Labute approximate surface area is 168 Å². The fourth-order valence-corrected chi connectivity index (χ4v) is 4.46. The molecule has 0 aliphatic heterocycles. The van der Waals surface area contributed by atoms with Crippen LogP contribution in [0.25, 0.3) is 10.8 Å². The van der Waals surface area contributed by atoms with Gasteiger partial charge in [0.1, 0.15) is 0 Å². The molecular formula is C28H28. The molecule has 0 nitrogen and oxygen atoms in total. The summed E-state index contributed by atoms with van der Waals surface area (Å²) in [6, 6.07) is 27.4. The average molecular weight is 365 g/mol. The molecule has 4 rings (SSSR count). The predicted molar refractivity (Wildman–Crippen MR) is 121 cm³/mol. The highest BCUT2D eigenvalue weighted by molar-refractivity contribution is 5.86. The predicted octanol–water partition coefficient (Wildman–Crippen LogP) is 7.26. The lowest BCUT2D eigenvalue weighted by molar-refractivity contribution is 1.17. The number of benzene rings is 4. The molecule has 140 valence electrons. The molecule has 4 aromatic carbocycles. The monoisotopic (exact) mass is 364 g/mol. The van der Waals surface area contributed by atoms with E-state index in [9.17, 15) is 0 Å². The van der Waals surface area contributed by atoms with Gasteiger partial charge < -0.3 is 0 Å². The zero-order chi connectivity index (χ0) is 19.7. The van der Waals surface area contributed by atoms with Gasteiger partial charge in [-0.05, 0) is 73.6 Å². The smallest absolute Gasteiger partial charge is 0.00194 e. The zero-order valence-corrected chi connectivity index (χ0v) is 17.3. The molecule has 0 atom stereocenters. The third-order valence-corrected chi connectivity index (χ3v) is 5.40. The topological polar surface area (TPSA) is 0 Å². The van der Waals surface area contributed by atoms with Gasteiger partial charge in [0, 0.05) is 0 Å². The molecule has 0 bridgehead atoms. The Morgan fingerprint density at radius 3 is 1.68 bits per heavy atom. The number of hydrogen-bond donors (Lipinski definition) is 0. The van der Waals surface area contributed by atoms with Crippen LogP contribution in [0.15, 0.2) is 72.8 Å². The maximum Gasteiger partial charge on any atom is -0.00194 e. The summed E-state index contributed by atoms with van der Waals surface area (Å²) in [7, 11) is 0. The molecule has 4 aromatic rings. The second-order valence-electron chi connectivity index (χ2n) is 8.32. The van der Waals surface area contributed by atoms with Crippen molar-refractivity contribution in [1.82, 2.24) is 0 Å². The maximum atomic E-state index is 2.36. The Balaban J connectivity index is 1.66. The van der Waals surface area contributed by atoms with Gasteiger partial charge >= 0.3 is 0 Å². The van der Waals surface area contributed by atoms with E-state index in [-0.39, 0.29) is 0 Å². The second-order valence-corrected chi connectivity index (χ2v) is 8.32. The quantitative estimate of drug-likeness (QED) is 0.357. The van der Waals surface area contributed by atoms with Crippen LogP contribution in [0.3, 0.4) is 0 Å². The summed E-state index contributed by atoms with van der Waals surface area (Å²) >= 11 is 0. The van der Waals surface area contributed by atoms with Gasteiger partial charge in [-0.3, -0.25) is 0 Å². The van der Waals surface area contributed by atoms with Crippen molar-refractivity contribution in [2.45, 2.75) is 40.5 Å². The van der Waals surface area contributed by atoms with Crippen molar-refractivity contribution in [2.75, 3.05) is 0 Å². The van der Waals surface area contributed by atoms with E-state index < -0.39 is 0 Å². The molecule has 0 aliphatic rings. The molecule has 28 heavy (non-hydrogen) atoms. The first-order valence-electron chi connectivity index (χ1n) is 10.1. The summed E-state index contributed by atoms with van der Waals surface area (Å²) < 4.78 is 0. The van der Waals surface area contributed by atoms with Crippen molar-refractivity contribution in [1.29, 1.82) is 0 Å². The molecule has 0 heterocycles. The molecule has 0 amide bonds. The molecule has 0 saturated carbocycles. The van der Waals surface area contributed by atoms with Crippen LogP contribution >= 0.6 is 0 Å². The van der Waals surface area contributed by atoms with E-state index in [0.717, 1.165) is 12.8 Å². The van der Waals surface area contributed by atoms with E-state index in [0.29, 0.717) is 0 Å². The average Bonchev–Trinajstić information content (AvgIpc) is 2.60. The normalized spacial score (nSPS) is 11.1. The Morgan fingerprint density at radius 2 is 1.07 bits per heavy atom. The molecular weight excluding hydrogens is 336 g/mol. The highest BCUT2D eigenvalue weighted by atomic mass is 14.1. The fraction of sp³-hybridized carbons (Fsp3) is 0.214. The Kier molecular flexibility index (Phi) is 5.05. The second kappa shape index (κ2) is 7.64. The van der Waals surface area contributed by atoms with E-state index in [4.69, 9.17) is 0 Å². The highest BCUT2D eigenvalue weighted by Gasteiger charge is 2.06. The lowest BCUT2D eigenvalue weighted by atomic mass is 9.94. The van der Waals surface area contributed by atoms with Crippen molar-refractivity contribution >= 4 is 10.8 Å². The number of fused-ring (bicyclic) bond motifs is 1. The third-order valence-electron chi connectivity index (χ3n) is 5.40. The summed E-state index contributed by atoms with van der Waals surface area (Å²) in [6.45, 7) is 8.71. The summed E-state index contributed by atoms with van der Waals surface area (Å²) in [5, 5.41) is 2.70. The molecule has 0 aliphatic carbocycles. The van der Waals surface area contributed by atoms with Gasteiger partial charge in [-0.15, -0.1) is 0 Å². The van der Waals surface area contributed by atoms with Gasteiger partial charge in [-0.1, -0.05) is 95.1 Å². The first kappa shape index (κ1) is 18.5. The Morgan fingerprint density at radius 1 is 0.500 bits per heavy atom. The van der Waals surface area contributed by atoms with E-state index >= 15 is 0 Å². The lowest BCUT2D eigenvalue weighted by Gasteiger charge is -2.11. The molecule has 0 spiro atoms. The van der Waals surface area contributed by atoms with Crippen LogP contribution in [-0.4, -0.2) is 0 Å². The minimum absolute atomic E-state index is 0.982. The highest BCUT2D eigenvalue weighted by Crippen LogP contribution is 2.25. The summed E-state index contributed by atoms with van der Waals surface area (Å²) in [4.78, 5) is 0. The zero-order valence-electron chi connectivity index (χ0n) is 17.3. The fourth-order valence-electron chi connectivity index (χ4n) is 4.46. The summed E-state index contributed by atoms with van der Waals surface area (Å²) in [5.41, 5.74) is 10.9. The molecule has 0 heteroatoms. The number of hydrogen-bond acceptors (Lipinski definition) is 0.